The normalized spacial score (nSPS) is 36.1. The maximum absolute atomic E-state index is 13.0. The fourth-order valence-corrected chi connectivity index (χ4v) is 5.04. The summed E-state index contributed by atoms with van der Waals surface area (Å²) in [6.07, 6.45) is -1.10. The number of phenolic OH excluding ortho intramolecular Hbond substituents is 1. The van der Waals surface area contributed by atoms with Crippen LogP contribution in [0.3, 0.4) is 0 Å². The standard InChI is InChI=1S/C20H23NO8/c1-27-9-11-7-13-16(18(24)21(17(13)23)19(25)28-2)14-8-15(29-20(11,14)26)10-3-5-12(22)6-4-10/h3-6,11,13-16,22,26H,7-9H2,1-2H3/t11-,13+,14+,15+,16+,20-/m1/s1. The molecule has 0 unspecified atom stereocenters. The molecule has 2 heterocycles. The summed E-state index contributed by atoms with van der Waals surface area (Å²) >= 11 is 0. The minimum Gasteiger partial charge on any atom is -0.508 e. The van der Waals surface area contributed by atoms with Gasteiger partial charge < -0.3 is 24.4 Å². The van der Waals surface area contributed by atoms with Crippen molar-refractivity contribution in [1.29, 1.82) is 0 Å². The van der Waals surface area contributed by atoms with Gasteiger partial charge >= 0.3 is 6.09 Å². The number of carbonyl (C=O) groups is 3. The monoisotopic (exact) mass is 405 g/mol. The molecule has 6 atom stereocenters. The number of hydrogen-bond acceptors (Lipinski definition) is 8. The van der Waals surface area contributed by atoms with Crippen molar-refractivity contribution < 1.29 is 38.8 Å². The van der Waals surface area contributed by atoms with Crippen LogP contribution in [0, 0.1) is 23.7 Å². The number of imide groups is 3. The molecule has 9 heteroatoms. The fourth-order valence-electron chi connectivity index (χ4n) is 5.04. The summed E-state index contributed by atoms with van der Waals surface area (Å²) in [6, 6.07) is 6.41. The van der Waals surface area contributed by atoms with Gasteiger partial charge in [0, 0.05) is 18.9 Å². The van der Waals surface area contributed by atoms with E-state index in [0.717, 1.165) is 12.7 Å². The molecule has 3 fully saturated rings. The third kappa shape index (κ3) is 2.92. The molecule has 0 aromatic heterocycles. The maximum atomic E-state index is 13.0. The molecule has 2 N–H and O–H groups in total. The second kappa shape index (κ2) is 7.08. The van der Waals surface area contributed by atoms with Gasteiger partial charge in [0.1, 0.15) is 5.75 Å². The smallest absolute Gasteiger partial charge is 0.423 e. The van der Waals surface area contributed by atoms with Crippen molar-refractivity contribution >= 4 is 17.9 Å². The van der Waals surface area contributed by atoms with Crippen LogP contribution in [0.5, 0.6) is 5.75 Å². The van der Waals surface area contributed by atoms with Gasteiger partial charge in [0.05, 0.1) is 31.7 Å². The van der Waals surface area contributed by atoms with Crippen LogP contribution in [-0.2, 0) is 23.8 Å². The number of rotatable bonds is 3. The van der Waals surface area contributed by atoms with Crippen LogP contribution in [0.4, 0.5) is 4.79 Å². The van der Waals surface area contributed by atoms with Crippen LogP contribution in [0.15, 0.2) is 24.3 Å². The van der Waals surface area contributed by atoms with E-state index < -0.39 is 53.5 Å². The van der Waals surface area contributed by atoms with Gasteiger partial charge in [0.25, 0.3) is 0 Å². The SMILES string of the molecule is COC[C@H]1C[C@@H]2C(=O)N(C(=O)OC)C(=O)[C@@H]2[C@@H]2C[C@@H](c3ccc(O)cc3)O[C@]12O. The Balaban J connectivity index is 1.71. The number of nitrogens with zero attached hydrogens (tertiary/aromatic N) is 1. The average molecular weight is 405 g/mol. The Labute approximate surface area is 167 Å². The molecule has 2 aliphatic heterocycles. The molecule has 0 radical (unpaired) electrons. The molecular formula is C20H23NO8. The lowest BCUT2D eigenvalue weighted by Crippen LogP contribution is -2.54. The highest BCUT2D eigenvalue weighted by atomic mass is 16.6. The zero-order valence-electron chi connectivity index (χ0n) is 16.1. The van der Waals surface area contributed by atoms with Crippen molar-refractivity contribution in [1.82, 2.24) is 4.90 Å². The van der Waals surface area contributed by atoms with Gasteiger partial charge in [-0.25, -0.2) is 4.79 Å². The molecule has 0 spiro atoms. The van der Waals surface area contributed by atoms with Gasteiger partial charge in [-0.05, 0) is 30.5 Å². The highest BCUT2D eigenvalue weighted by molar-refractivity contribution is 6.15. The van der Waals surface area contributed by atoms with E-state index in [1.165, 1.54) is 19.2 Å². The lowest BCUT2D eigenvalue weighted by molar-refractivity contribution is -0.275. The van der Waals surface area contributed by atoms with Crippen LogP contribution in [0.25, 0.3) is 0 Å². The molecule has 2 saturated heterocycles. The zero-order valence-corrected chi connectivity index (χ0v) is 16.1. The number of hydrogen-bond donors (Lipinski definition) is 2. The number of carbonyl (C=O) groups excluding carboxylic acids is 3. The second-order valence-electron chi connectivity index (χ2n) is 7.79. The van der Waals surface area contributed by atoms with Gasteiger partial charge in [-0.3, -0.25) is 9.59 Å². The predicted molar refractivity (Wildman–Crippen MR) is 96.2 cm³/mol. The van der Waals surface area contributed by atoms with Gasteiger partial charge in [0.15, 0.2) is 5.79 Å². The van der Waals surface area contributed by atoms with Crippen molar-refractivity contribution in [3.8, 4) is 5.75 Å². The zero-order chi connectivity index (χ0) is 20.9. The topological polar surface area (TPSA) is 123 Å². The average Bonchev–Trinajstić information content (AvgIpc) is 3.17. The van der Waals surface area contributed by atoms with Crippen LogP contribution in [0.2, 0.25) is 0 Å². The molecule has 156 valence electrons. The maximum Gasteiger partial charge on any atom is 0.423 e. The highest BCUT2D eigenvalue weighted by Gasteiger charge is 2.67. The van der Waals surface area contributed by atoms with Crippen LogP contribution in [-0.4, -0.2) is 59.6 Å². The van der Waals surface area contributed by atoms with Crippen molar-refractivity contribution in [2.75, 3.05) is 20.8 Å². The summed E-state index contributed by atoms with van der Waals surface area (Å²) in [5.41, 5.74) is 0.736. The lowest BCUT2D eigenvalue weighted by Gasteiger charge is -2.44. The van der Waals surface area contributed by atoms with Crippen LogP contribution < -0.4 is 0 Å². The number of likely N-dealkylation sites (tertiary alicyclic amines) is 1. The van der Waals surface area contributed by atoms with Gasteiger partial charge in [-0.15, -0.1) is 0 Å². The van der Waals surface area contributed by atoms with E-state index in [1.807, 2.05) is 0 Å². The molecule has 1 aromatic rings. The molecule has 29 heavy (non-hydrogen) atoms. The number of aromatic hydroxyl groups is 1. The van der Waals surface area contributed by atoms with E-state index >= 15 is 0 Å². The minimum absolute atomic E-state index is 0.102. The van der Waals surface area contributed by atoms with E-state index in [4.69, 9.17) is 9.47 Å². The number of benzene rings is 1. The quantitative estimate of drug-likeness (QED) is 0.719. The minimum atomic E-state index is -1.68. The molecule has 3 aliphatic rings. The Hall–Kier alpha value is -2.49. The Morgan fingerprint density at radius 2 is 1.90 bits per heavy atom. The Morgan fingerprint density at radius 3 is 2.52 bits per heavy atom. The van der Waals surface area contributed by atoms with E-state index in [0.29, 0.717) is 4.90 Å². The van der Waals surface area contributed by atoms with Crippen molar-refractivity contribution in [3.63, 3.8) is 0 Å². The van der Waals surface area contributed by atoms with Crippen molar-refractivity contribution in [3.05, 3.63) is 29.8 Å². The highest BCUT2D eigenvalue weighted by Crippen LogP contribution is 2.58. The van der Waals surface area contributed by atoms with Crippen molar-refractivity contribution in [2.45, 2.75) is 24.7 Å². The summed E-state index contributed by atoms with van der Waals surface area (Å²) < 4.78 is 15.9. The molecule has 9 nitrogen and oxygen atoms in total. The summed E-state index contributed by atoms with van der Waals surface area (Å²) in [5, 5.41) is 21.0. The number of fused-ring (bicyclic) bond motifs is 3. The summed E-state index contributed by atoms with van der Waals surface area (Å²) in [5.74, 6) is -5.70. The number of phenols is 1. The number of amides is 3. The van der Waals surface area contributed by atoms with E-state index in [2.05, 4.69) is 4.74 Å². The van der Waals surface area contributed by atoms with Crippen LogP contribution in [0.1, 0.15) is 24.5 Å². The molecule has 1 aliphatic carbocycles. The van der Waals surface area contributed by atoms with E-state index in [-0.39, 0.29) is 25.2 Å². The van der Waals surface area contributed by atoms with Crippen molar-refractivity contribution in [2.24, 2.45) is 23.7 Å². The third-order valence-electron chi connectivity index (χ3n) is 6.35. The molecule has 1 aromatic carbocycles. The first kappa shape index (κ1) is 19.8. The molecule has 0 bridgehead atoms. The predicted octanol–water partition coefficient (Wildman–Crippen LogP) is 1.19. The Kier molecular flexibility index (Phi) is 4.84. The molecule has 1 saturated carbocycles. The third-order valence-corrected chi connectivity index (χ3v) is 6.35. The van der Waals surface area contributed by atoms with Gasteiger partial charge in [-0.2, -0.15) is 4.90 Å². The summed E-state index contributed by atoms with van der Waals surface area (Å²) in [7, 11) is 2.59. The Morgan fingerprint density at radius 1 is 1.21 bits per heavy atom. The van der Waals surface area contributed by atoms with E-state index in [9.17, 15) is 24.6 Å². The Bertz CT molecular complexity index is 839. The molecule has 4 rings (SSSR count). The first-order valence-electron chi connectivity index (χ1n) is 9.45. The number of ether oxygens (including phenoxy) is 3. The summed E-state index contributed by atoms with van der Waals surface area (Å²) in [4.78, 5) is 38.3. The largest absolute Gasteiger partial charge is 0.508 e. The number of methoxy groups -OCH3 is 2. The van der Waals surface area contributed by atoms with Gasteiger partial charge in [-0.1, -0.05) is 12.1 Å². The first-order chi connectivity index (χ1) is 13.8. The molecule has 3 amide bonds. The fraction of sp³-hybridized carbons (Fsp3) is 0.550. The second-order valence-corrected chi connectivity index (χ2v) is 7.79. The van der Waals surface area contributed by atoms with Crippen LogP contribution >= 0.6 is 0 Å². The van der Waals surface area contributed by atoms with Gasteiger partial charge in [0.2, 0.25) is 11.8 Å². The number of aliphatic hydroxyl groups is 1. The first-order valence-corrected chi connectivity index (χ1v) is 9.45. The summed E-state index contributed by atoms with van der Waals surface area (Å²) in [6.45, 7) is 0.137. The lowest BCUT2D eigenvalue weighted by atomic mass is 9.64. The van der Waals surface area contributed by atoms with E-state index in [1.54, 1.807) is 12.1 Å². The molecular weight excluding hydrogens is 382 g/mol.